The summed E-state index contributed by atoms with van der Waals surface area (Å²) in [4.78, 5) is 28.3. The Morgan fingerprint density at radius 3 is 2.54 bits per heavy atom. The monoisotopic (exact) mass is 380 g/mol. The van der Waals surface area contributed by atoms with Crippen molar-refractivity contribution in [3.8, 4) is 5.75 Å². The Balaban J connectivity index is 1.63. The molecule has 0 aliphatic heterocycles. The van der Waals surface area contributed by atoms with Crippen molar-refractivity contribution in [3.05, 3.63) is 65.6 Å². The molecular weight excluding hydrogens is 356 g/mol. The highest BCUT2D eigenvalue weighted by Gasteiger charge is 2.22. The Morgan fingerprint density at radius 2 is 1.93 bits per heavy atom. The second-order valence-corrected chi connectivity index (χ2v) is 7.06. The van der Waals surface area contributed by atoms with Gasteiger partial charge in [0.2, 0.25) is 5.91 Å². The molecule has 1 unspecified atom stereocenters. The van der Waals surface area contributed by atoms with E-state index in [1.165, 1.54) is 0 Å². The number of carbonyl (C=O) groups is 2. The lowest BCUT2D eigenvalue weighted by molar-refractivity contribution is -0.120. The van der Waals surface area contributed by atoms with Gasteiger partial charge in [-0.3, -0.25) is 9.59 Å². The van der Waals surface area contributed by atoms with E-state index in [0.717, 1.165) is 16.9 Å². The maximum absolute atomic E-state index is 12.3. The fraction of sp³-hybridized carbons (Fsp3) is 0.286. The van der Waals surface area contributed by atoms with Gasteiger partial charge in [-0.2, -0.15) is 0 Å². The van der Waals surface area contributed by atoms with Crippen LogP contribution >= 0.6 is 0 Å². The molecule has 0 aliphatic carbocycles. The average molecular weight is 380 g/mol. The molecule has 2 amide bonds. The third kappa shape index (κ3) is 4.31. The zero-order valence-corrected chi connectivity index (χ0v) is 16.2. The fourth-order valence-electron chi connectivity index (χ4n) is 2.92. The van der Waals surface area contributed by atoms with Crippen LogP contribution in [-0.2, 0) is 11.4 Å². The Hall–Kier alpha value is -3.35. The first kappa shape index (κ1) is 19.4. The minimum Gasteiger partial charge on any atom is -0.487 e. The normalized spacial score (nSPS) is 12.1. The van der Waals surface area contributed by atoms with Crippen LogP contribution in [0.2, 0.25) is 0 Å². The Morgan fingerprint density at radius 1 is 1.21 bits per heavy atom. The molecule has 0 fully saturated rings. The number of aryl methyl sites for hydroxylation is 1. The molecule has 146 valence electrons. The SMILES string of the molecule is Cc1cccn2cc(COc3ccc(C(=O)NC(C(N)=O)C(C)C)cc3)nc12. The second kappa shape index (κ2) is 8.12. The van der Waals surface area contributed by atoms with E-state index in [2.05, 4.69) is 10.3 Å². The maximum atomic E-state index is 12.3. The summed E-state index contributed by atoms with van der Waals surface area (Å²) in [5, 5.41) is 2.66. The first-order valence-corrected chi connectivity index (χ1v) is 9.11. The van der Waals surface area contributed by atoms with Gasteiger partial charge >= 0.3 is 0 Å². The molecular formula is C21H24N4O3. The number of imidazole rings is 1. The molecule has 0 aliphatic rings. The molecule has 7 nitrogen and oxygen atoms in total. The lowest BCUT2D eigenvalue weighted by atomic mass is 10.0. The lowest BCUT2D eigenvalue weighted by Crippen LogP contribution is -2.47. The fourth-order valence-corrected chi connectivity index (χ4v) is 2.92. The Bertz CT molecular complexity index is 993. The van der Waals surface area contributed by atoms with Crippen molar-refractivity contribution in [2.24, 2.45) is 11.7 Å². The van der Waals surface area contributed by atoms with Gasteiger partial charge in [-0.15, -0.1) is 0 Å². The van der Waals surface area contributed by atoms with Crippen molar-refractivity contribution in [2.75, 3.05) is 0 Å². The Labute approximate surface area is 163 Å². The highest BCUT2D eigenvalue weighted by atomic mass is 16.5. The number of hydrogen-bond donors (Lipinski definition) is 2. The molecule has 28 heavy (non-hydrogen) atoms. The number of rotatable bonds is 7. The van der Waals surface area contributed by atoms with Crippen LogP contribution in [0.1, 0.15) is 35.5 Å². The van der Waals surface area contributed by atoms with E-state index in [4.69, 9.17) is 10.5 Å². The molecule has 3 N–H and O–H groups in total. The minimum atomic E-state index is -0.707. The number of aromatic nitrogens is 2. The summed E-state index contributed by atoms with van der Waals surface area (Å²) in [7, 11) is 0. The molecule has 0 bridgehead atoms. The lowest BCUT2D eigenvalue weighted by Gasteiger charge is -2.18. The van der Waals surface area contributed by atoms with Gasteiger partial charge in [0, 0.05) is 18.0 Å². The highest BCUT2D eigenvalue weighted by Crippen LogP contribution is 2.16. The van der Waals surface area contributed by atoms with Gasteiger partial charge in [0.15, 0.2) is 0 Å². The van der Waals surface area contributed by atoms with Gasteiger partial charge in [0.25, 0.3) is 5.91 Å². The topological polar surface area (TPSA) is 98.7 Å². The number of nitrogens with one attached hydrogen (secondary N) is 1. The van der Waals surface area contributed by atoms with E-state index in [9.17, 15) is 9.59 Å². The van der Waals surface area contributed by atoms with Crippen LogP contribution in [0.4, 0.5) is 0 Å². The number of amides is 2. The van der Waals surface area contributed by atoms with Crippen LogP contribution in [-0.4, -0.2) is 27.2 Å². The van der Waals surface area contributed by atoms with Crippen molar-refractivity contribution in [1.29, 1.82) is 0 Å². The van der Waals surface area contributed by atoms with E-state index in [-0.39, 0.29) is 11.8 Å². The second-order valence-electron chi connectivity index (χ2n) is 7.06. The summed E-state index contributed by atoms with van der Waals surface area (Å²) < 4.78 is 7.74. The molecule has 0 radical (unpaired) electrons. The number of fused-ring (bicyclic) bond motifs is 1. The number of pyridine rings is 1. The summed E-state index contributed by atoms with van der Waals surface area (Å²) >= 11 is 0. The number of benzene rings is 1. The molecule has 0 spiro atoms. The largest absolute Gasteiger partial charge is 0.487 e. The van der Waals surface area contributed by atoms with Gasteiger partial charge in [-0.1, -0.05) is 19.9 Å². The van der Waals surface area contributed by atoms with Crippen LogP contribution < -0.4 is 15.8 Å². The van der Waals surface area contributed by atoms with E-state index in [1.54, 1.807) is 24.3 Å². The van der Waals surface area contributed by atoms with E-state index < -0.39 is 11.9 Å². The predicted molar refractivity (Wildman–Crippen MR) is 106 cm³/mol. The molecule has 3 rings (SSSR count). The number of primary amides is 1. The third-order valence-corrected chi connectivity index (χ3v) is 4.49. The molecule has 1 atom stereocenters. The number of ether oxygens (including phenoxy) is 1. The summed E-state index contributed by atoms with van der Waals surface area (Å²) in [5.41, 5.74) is 8.59. The summed E-state index contributed by atoms with van der Waals surface area (Å²) in [6.45, 7) is 5.99. The predicted octanol–water partition coefficient (Wildman–Crippen LogP) is 2.46. The van der Waals surface area contributed by atoms with Crippen LogP contribution in [0.15, 0.2) is 48.8 Å². The van der Waals surface area contributed by atoms with Gasteiger partial charge < -0.3 is 20.2 Å². The van der Waals surface area contributed by atoms with Crippen molar-refractivity contribution >= 4 is 17.5 Å². The van der Waals surface area contributed by atoms with Crippen molar-refractivity contribution in [2.45, 2.75) is 33.4 Å². The molecule has 0 saturated carbocycles. The highest BCUT2D eigenvalue weighted by molar-refractivity contribution is 5.97. The number of nitrogens with zero attached hydrogens (tertiary/aromatic N) is 2. The molecule has 1 aromatic carbocycles. The first-order chi connectivity index (χ1) is 13.3. The molecule has 2 aromatic heterocycles. The molecule has 3 aromatic rings. The van der Waals surface area contributed by atoms with Gasteiger partial charge in [-0.05, 0) is 48.7 Å². The third-order valence-electron chi connectivity index (χ3n) is 4.49. The standard InChI is InChI=1S/C21H24N4O3/c1-13(2)18(19(22)26)24-21(27)15-6-8-17(9-7-15)28-12-16-11-25-10-4-5-14(3)20(25)23-16/h4-11,13,18H,12H2,1-3H3,(H2,22,26)(H,24,27). The zero-order chi connectivity index (χ0) is 20.3. The summed E-state index contributed by atoms with van der Waals surface area (Å²) in [6.07, 6.45) is 3.88. The van der Waals surface area contributed by atoms with E-state index in [0.29, 0.717) is 17.9 Å². The van der Waals surface area contributed by atoms with Crippen molar-refractivity contribution in [1.82, 2.24) is 14.7 Å². The van der Waals surface area contributed by atoms with E-state index in [1.807, 2.05) is 49.7 Å². The summed E-state index contributed by atoms with van der Waals surface area (Å²) in [6, 6.07) is 10.0. The number of carbonyl (C=O) groups excluding carboxylic acids is 2. The van der Waals surface area contributed by atoms with Crippen LogP contribution in [0, 0.1) is 12.8 Å². The molecule has 0 saturated heterocycles. The van der Waals surface area contributed by atoms with Crippen LogP contribution in [0.3, 0.4) is 0 Å². The van der Waals surface area contributed by atoms with Crippen LogP contribution in [0.25, 0.3) is 5.65 Å². The van der Waals surface area contributed by atoms with Crippen molar-refractivity contribution in [3.63, 3.8) is 0 Å². The molecule has 2 heterocycles. The Kier molecular flexibility index (Phi) is 5.63. The van der Waals surface area contributed by atoms with Gasteiger partial charge in [0.05, 0.1) is 5.69 Å². The zero-order valence-electron chi connectivity index (χ0n) is 16.2. The van der Waals surface area contributed by atoms with Crippen molar-refractivity contribution < 1.29 is 14.3 Å². The smallest absolute Gasteiger partial charge is 0.251 e. The molecule has 7 heteroatoms. The summed E-state index contributed by atoms with van der Waals surface area (Å²) in [5.74, 6) is -0.357. The quantitative estimate of drug-likeness (QED) is 0.658. The average Bonchev–Trinajstić information content (AvgIpc) is 3.08. The van der Waals surface area contributed by atoms with Gasteiger partial charge in [0.1, 0.15) is 24.0 Å². The van der Waals surface area contributed by atoms with Crippen LogP contribution in [0.5, 0.6) is 5.75 Å². The van der Waals surface area contributed by atoms with E-state index >= 15 is 0 Å². The first-order valence-electron chi connectivity index (χ1n) is 9.11. The van der Waals surface area contributed by atoms with Gasteiger partial charge in [-0.25, -0.2) is 4.98 Å². The maximum Gasteiger partial charge on any atom is 0.251 e. The minimum absolute atomic E-state index is 0.0851. The number of nitrogens with two attached hydrogens (primary N) is 1. The number of hydrogen-bond acceptors (Lipinski definition) is 4.